The summed E-state index contributed by atoms with van der Waals surface area (Å²) in [7, 11) is 1.64. The van der Waals surface area contributed by atoms with E-state index >= 15 is 0 Å². The highest BCUT2D eigenvalue weighted by Gasteiger charge is 2.18. The quantitative estimate of drug-likeness (QED) is 0.770. The lowest BCUT2D eigenvalue weighted by Gasteiger charge is -2.10. The van der Waals surface area contributed by atoms with Gasteiger partial charge in [-0.25, -0.2) is 4.98 Å². The van der Waals surface area contributed by atoms with Crippen LogP contribution in [0.15, 0.2) is 42.7 Å². The first-order valence-corrected chi connectivity index (χ1v) is 8.32. The van der Waals surface area contributed by atoms with E-state index in [4.69, 9.17) is 4.74 Å². The lowest BCUT2D eigenvalue weighted by Crippen LogP contribution is -2.23. The van der Waals surface area contributed by atoms with Crippen molar-refractivity contribution >= 4 is 22.4 Å². The van der Waals surface area contributed by atoms with Crippen LogP contribution in [0.4, 0.5) is 5.13 Å². The molecule has 0 aliphatic carbocycles. The Morgan fingerprint density at radius 3 is 2.71 bits per heavy atom. The lowest BCUT2D eigenvalue weighted by molar-refractivity contribution is -0.119. The number of ether oxygens (including phenoxy) is 1. The van der Waals surface area contributed by atoms with Gasteiger partial charge in [-0.05, 0) is 44.2 Å². The molecule has 1 unspecified atom stereocenters. The minimum atomic E-state index is -0.395. The summed E-state index contributed by atoms with van der Waals surface area (Å²) in [6, 6.07) is 9.10. The number of benzene rings is 1. The summed E-state index contributed by atoms with van der Waals surface area (Å²) >= 11 is 1.46. The molecule has 0 spiro atoms. The molecule has 0 aliphatic rings. The summed E-state index contributed by atoms with van der Waals surface area (Å²) in [6.07, 6.45) is 3.42. The largest absolute Gasteiger partial charge is 0.497 e. The predicted octanol–water partition coefficient (Wildman–Crippen LogP) is 3.52. The summed E-state index contributed by atoms with van der Waals surface area (Å²) in [5, 5.41) is 7.54. The Bertz CT molecular complexity index is 825. The highest BCUT2D eigenvalue weighted by molar-refractivity contribution is 7.16. The van der Waals surface area contributed by atoms with Gasteiger partial charge in [-0.2, -0.15) is 5.10 Å². The molecule has 6 nitrogen and oxygen atoms in total. The van der Waals surface area contributed by atoms with Gasteiger partial charge in [0.05, 0.1) is 12.8 Å². The van der Waals surface area contributed by atoms with E-state index < -0.39 is 6.04 Å². The molecule has 0 aliphatic heterocycles. The van der Waals surface area contributed by atoms with Crippen LogP contribution in [0, 0.1) is 6.92 Å². The summed E-state index contributed by atoms with van der Waals surface area (Å²) in [6.45, 7) is 3.79. The molecule has 1 N–H and O–H groups in total. The third-order valence-corrected chi connectivity index (χ3v) is 4.58. The summed E-state index contributed by atoms with van der Waals surface area (Å²) in [5.74, 6) is 0.655. The fourth-order valence-corrected chi connectivity index (χ4v) is 3.15. The Kier molecular flexibility index (Phi) is 4.61. The fraction of sp³-hybridized carbons (Fsp3) is 0.235. The van der Waals surface area contributed by atoms with Crippen molar-refractivity contribution in [2.24, 2.45) is 0 Å². The van der Waals surface area contributed by atoms with Crippen LogP contribution >= 0.6 is 11.3 Å². The van der Waals surface area contributed by atoms with Crippen LogP contribution in [0.3, 0.4) is 0 Å². The zero-order valence-electron chi connectivity index (χ0n) is 13.7. The van der Waals surface area contributed by atoms with Crippen LogP contribution < -0.4 is 10.1 Å². The average molecular weight is 342 g/mol. The number of amides is 1. The van der Waals surface area contributed by atoms with E-state index in [9.17, 15) is 4.79 Å². The first-order valence-electron chi connectivity index (χ1n) is 7.50. The van der Waals surface area contributed by atoms with Gasteiger partial charge in [-0.15, -0.1) is 11.3 Å². The molecule has 1 amide bonds. The van der Waals surface area contributed by atoms with Crippen LogP contribution in [0.2, 0.25) is 0 Å². The Balaban J connectivity index is 1.77. The lowest BCUT2D eigenvalue weighted by atomic mass is 10.1. The third kappa shape index (κ3) is 3.30. The van der Waals surface area contributed by atoms with Crippen LogP contribution in [-0.4, -0.2) is 27.8 Å². The van der Waals surface area contributed by atoms with Crippen LogP contribution in [-0.2, 0) is 4.79 Å². The number of thiazole rings is 1. The van der Waals surface area contributed by atoms with Crippen molar-refractivity contribution in [3.63, 3.8) is 0 Å². The van der Waals surface area contributed by atoms with Gasteiger partial charge in [-0.1, -0.05) is 0 Å². The Morgan fingerprint density at radius 2 is 2.08 bits per heavy atom. The summed E-state index contributed by atoms with van der Waals surface area (Å²) < 4.78 is 6.78. The molecule has 1 atom stereocenters. The molecule has 0 fully saturated rings. The van der Waals surface area contributed by atoms with Crippen LogP contribution in [0.25, 0.3) is 11.3 Å². The van der Waals surface area contributed by atoms with E-state index in [-0.39, 0.29) is 5.91 Å². The van der Waals surface area contributed by atoms with Gasteiger partial charge < -0.3 is 10.1 Å². The second-order valence-electron chi connectivity index (χ2n) is 5.30. The molecule has 24 heavy (non-hydrogen) atoms. The second-order valence-corrected chi connectivity index (χ2v) is 6.51. The molecule has 3 rings (SSSR count). The zero-order chi connectivity index (χ0) is 17.1. The van der Waals surface area contributed by atoms with Crippen molar-refractivity contribution < 1.29 is 9.53 Å². The van der Waals surface area contributed by atoms with Crippen molar-refractivity contribution in [2.45, 2.75) is 19.9 Å². The maximum atomic E-state index is 12.3. The molecule has 1 aromatic carbocycles. The van der Waals surface area contributed by atoms with E-state index in [2.05, 4.69) is 15.4 Å². The number of nitrogens with one attached hydrogen (secondary N) is 1. The van der Waals surface area contributed by atoms with Crippen LogP contribution in [0.1, 0.15) is 17.8 Å². The van der Waals surface area contributed by atoms with Gasteiger partial charge in [0.25, 0.3) is 5.91 Å². The minimum absolute atomic E-state index is 0.145. The molecule has 3 aromatic rings. The molecular weight excluding hydrogens is 324 g/mol. The highest BCUT2D eigenvalue weighted by Crippen LogP contribution is 2.31. The first kappa shape index (κ1) is 16.2. The number of hydrogen-bond donors (Lipinski definition) is 1. The van der Waals surface area contributed by atoms with Gasteiger partial charge in [0.1, 0.15) is 11.8 Å². The molecule has 2 heterocycles. The van der Waals surface area contributed by atoms with Crippen molar-refractivity contribution in [1.29, 1.82) is 0 Å². The van der Waals surface area contributed by atoms with Gasteiger partial charge in [-0.3, -0.25) is 9.48 Å². The zero-order valence-corrected chi connectivity index (χ0v) is 14.5. The van der Waals surface area contributed by atoms with Crippen molar-refractivity contribution in [1.82, 2.24) is 14.8 Å². The molecule has 0 saturated carbocycles. The van der Waals surface area contributed by atoms with Crippen LogP contribution in [0.5, 0.6) is 5.75 Å². The maximum Gasteiger partial charge on any atom is 0.250 e. The number of aryl methyl sites for hydroxylation is 1. The highest BCUT2D eigenvalue weighted by atomic mass is 32.1. The third-order valence-electron chi connectivity index (χ3n) is 3.69. The van der Waals surface area contributed by atoms with E-state index in [0.717, 1.165) is 21.9 Å². The molecule has 124 valence electrons. The number of carbonyl (C=O) groups is 1. The Labute approximate surface area is 144 Å². The number of hydrogen-bond acceptors (Lipinski definition) is 5. The normalized spacial score (nSPS) is 12.0. The van der Waals surface area contributed by atoms with Crippen molar-refractivity contribution in [3.8, 4) is 17.0 Å². The van der Waals surface area contributed by atoms with Gasteiger partial charge in [0.15, 0.2) is 5.13 Å². The summed E-state index contributed by atoms with van der Waals surface area (Å²) in [5.41, 5.74) is 1.86. The number of aromatic nitrogens is 3. The van der Waals surface area contributed by atoms with E-state index in [1.54, 1.807) is 37.2 Å². The van der Waals surface area contributed by atoms with Gasteiger partial charge >= 0.3 is 0 Å². The molecular formula is C17H18N4O2S. The topological polar surface area (TPSA) is 69.0 Å². The Morgan fingerprint density at radius 1 is 1.33 bits per heavy atom. The molecule has 7 heteroatoms. The molecule has 0 bridgehead atoms. The number of rotatable bonds is 5. The maximum absolute atomic E-state index is 12.3. The number of nitrogens with zero attached hydrogens (tertiary/aromatic N) is 3. The van der Waals surface area contributed by atoms with Gasteiger partial charge in [0, 0.05) is 22.8 Å². The average Bonchev–Trinajstić information content (AvgIpc) is 3.24. The molecule has 2 aromatic heterocycles. The number of carbonyl (C=O) groups excluding carboxylic acids is 1. The Hall–Kier alpha value is -2.67. The first-order chi connectivity index (χ1) is 11.6. The van der Waals surface area contributed by atoms with Crippen molar-refractivity contribution in [2.75, 3.05) is 12.4 Å². The second kappa shape index (κ2) is 6.84. The summed E-state index contributed by atoms with van der Waals surface area (Å²) in [4.78, 5) is 17.9. The van der Waals surface area contributed by atoms with E-state index in [1.165, 1.54) is 11.3 Å². The smallest absolute Gasteiger partial charge is 0.250 e. The predicted molar refractivity (Wildman–Crippen MR) is 94.4 cm³/mol. The molecule has 0 saturated heterocycles. The minimum Gasteiger partial charge on any atom is -0.497 e. The number of anilines is 1. The monoisotopic (exact) mass is 342 g/mol. The number of methoxy groups -OCH3 is 1. The fourth-order valence-electron chi connectivity index (χ4n) is 2.31. The SMILES string of the molecule is COc1ccc(-c2nc(NC(=O)C(C)n3cccn3)sc2C)cc1. The molecule has 0 radical (unpaired) electrons. The van der Waals surface area contributed by atoms with Gasteiger partial charge in [0.2, 0.25) is 0 Å². The standard InChI is InChI=1S/C17H18N4O2S/c1-11(21-10-4-9-18-21)16(22)20-17-19-15(12(2)24-17)13-5-7-14(23-3)8-6-13/h4-11H,1-3H3,(H,19,20,22). The van der Waals surface area contributed by atoms with E-state index in [1.807, 2.05) is 31.2 Å². The van der Waals surface area contributed by atoms with Crippen molar-refractivity contribution in [3.05, 3.63) is 47.6 Å². The van der Waals surface area contributed by atoms with E-state index in [0.29, 0.717) is 5.13 Å².